The Morgan fingerprint density at radius 3 is 1.62 bits per heavy atom. The van der Waals surface area contributed by atoms with Gasteiger partial charge in [0.2, 0.25) is 17.7 Å². The molecular formula is C55H71IN4O3. The van der Waals surface area contributed by atoms with Gasteiger partial charge in [0, 0.05) is 66.9 Å². The molecule has 10 rings (SSSR count). The van der Waals surface area contributed by atoms with Gasteiger partial charge in [0.25, 0.3) is 0 Å². The van der Waals surface area contributed by atoms with Gasteiger partial charge in [-0.1, -0.05) is 146 Å². The molecule has 3 amide bonds. The number of carbonyl (C=O) groups excluding carboxylic acids is 3. The molecule has 0 aromatic heterocycles. The maximum absolute atomic E-state index is 12.5. The smallest absolute Gasteiger partial charge is 0.227 e. The van der Waals surface area contributed by atoms with Gasteiger partial charge < -0.3 is 20.0 Å². The van der Waals surface area contributed by atoms with Crippen LogP contribution in [0.25, 0.3) is 0 Å². The summed E-state index contributed by atoms with van der Waals surface area (Å²) >= 11 is 2.51. The lowest BCUT2D eigenvalue weighted by Gasteiger charge is -2.37. The van der Waals surface area contributed by atoms with Crippen molar-refractivity contribution in [3.63, 3.8) is 0 Å². The van der Waals surface area contributed by atoms with Crippen LogP contribution in [0.1, 0.15) is 119 Å². The number of nitrogens with one attached hydrogen (secondary N) is 1. The Morgan fingerprint density at radius 1 is 0.508 bits per heavy atom. The molecule has 6 aliphatic rings. The van der Waals surface area contributed by atoms with Gasteiger partial charge in [0.15, 0.2) is 0 Å². The summed E-state index contributed by atoms with van der Waals surface area (Å²) in [6.45, 7) is 5.23. The Hall–Kier alpha value is -4.02. The van der Waals surface area contributed by atoms with E-state index in [2.05, 4.69) is 121 Å². The number of aryl methyl sites for hydroxylation is 3. The van der Waals surface area contributed by atoms with Crippen molar-refractivity contribution < 1.29 is 14.4 Å². The maximum Gasteiger partial charge on any atom is 0.227 e. The van der Waals surface area contributed by atoms with Gasteiger partial charge in [-0.05, 0) is 129 Å². The number of likely N-dealkylation sites (tertiary alicyclic amines) is 1. The van der Waals surface area contributed by atoms with Gasteiger partial charge in [-0.3, -0.25) is 14.4 Å². The minimum atomic E-state index is 0.128. The van der Waals surface area contributed by atoms with Crippen molar-refractivity contribution >= 4 is 57.4 Å². The van der Waals surface area contributed by atoms with E-state index in [0.29, 0.717) is 42.9 Å². The zero-order chi connectivity index (χ0) is 43.6. The average Bonchev–Trinajstić information content (AvgIpc) is 3.34. The highest BCUT2D eigenvalue weighted by Crippen LogP contribution is 2.33. The number of amides is 3. The van der Waals surface area contributed by atoms with E-state index >= 15 is 0 Å². The molecule has 2 saturated carbocycles. The molecule has 0 bridgehead atoms. The number of rotatable bonds is 8. The predicted molar refractivity (Wildman–Crippen MR) is 269 cm³/mol. The first-order chi connectivity index (χ1) is 30.9. The molecule has 1 atom stereocenters. The summed E-state index contributed by atoms with van der Waals surface area (Å²) in [5.74, 6) is 3.11. The van der Waals surface area contributed by atoms with Crippen molar-refractivity contribution in [2.24, 2.45) is 17.8 Å². The van der Waals surface area contributed by atoms with Crippen molar-refractivity contribution in [3.8, 4) is 0 Å². The number of fused-ring (bicyclic) bond motifs is 3. The molecule has 7 nitrogen and oxygen atoms in total. The van der Waals surface area contributed by atoms with Crippen LogP contribution in [-0.2, 0) is 40.1 Å². The van der Waals surface area contributed by atoms with Crippen molar-refractivity contribution in [1.29, 1.82) is 0 Å². The molecule has 8 heteroatoms. The zero-order valence-corrected chi connectivity index (χ0v) is 39.8. The highest BCUT2D eigenvalue weighted by atomic mass is 127. The Balaban J connectivity index is 0.000000138. The fourth-order valence-electron chi connectivity index (χ4n) is 10.4. The Bertz CT molecular complexity index is 2040. The van der Waals surface area contributed by atoms with Crippen LogP contribution in [0, 0.1) is 17.8 Å². The lowest BCUT2D eigenvalue weighted by molar-refractivity contribution is -0.119. The lowest BCUT2D eigenvalue weighted by Crippen LogP contribution is -2.44. The van der Waals surface area contributed by atoms with E-state index in [4.69, 9.17) is 0 Å². The number of carbonyl (C=O) groups is 3. The van der Waals surface area contributed by atoms with Crippen LogP contribution in [0.3, 0.4) is 0 Å². The molecule has 1 saturated heterocycles. The van der Waals surface area contributed by atoms with Crippen molar-refractivity contribution in [1.82, 2.24) is 4.90 Å². The number of hydrogen-bond acceptors (Lipinski definition) is 4. The molecule has 3 fully saturated rings. The summed E-state index contributed by atoms with van der Waals surface area (Å²) in [7, 11) is 0. The van der Waals surface area contributed by atoms with Gasteiger partial charge in [0.05, 0.1) is 0 Å². The van der Waals surface area contributed by atoms with E-state index in [-0.39, 0.29) is 5.91 Å². The number of alkyl halides is 1. The second kappa shape index (κ2) is 24.9. The summed E-state index contributed by atoms with van der Waals surface area (Å²) in [6, 6.07) is 35.5. The summed E-state index contributed by atoms with van der Waals surface area (Å²) in [5, 5.41) is 2.82. The van der Waals surface area contributed by atoms with E-state index in [1.165, 1.54) is 116 Å². The molecule has 336 valence electrons. The van der Waals surface area contributed by atoms with Crippen LogP contribution in [-0.4, -0.2) is 59.8 Å². The predicted octanol–water partition coefficient (Wildman–Crippen LogP) is 12.0. The van der Waals surface area contributed by atoms with E-state index in [1.54, 1.807) is 0 Å². The summed E-state index contributed by atoms with van der Waals surface area (Å²) in [4.78, 5) is 42.3. The largest absolute Gasteiger partial charge is 0.326 e. The topological polar surface area (TPSA) is 73.0 Å². The van der Waals surface area contributed by atoms with Crippen LogP contribution in [0.4, 0.5) is 17.1 Å². The van der Waals surface area contributed by atoms with E-state index in [9.17, 15) is 14.4 Å². The third-order valence-corrected chi connectivity index (χ3v) is 15.3. The van der Waals surface area contributed by atoms with Gasteiger partial charge >= 0.3 is 0 Å². The number of piperidine rings is 1. The second-order valence-electron chi connectivity index (χ2n) is 18.7. The SMILES string of the molecule is ICC1CCCCC1.O=C1CCc2ccccc2N1.O=C1CCc2ccccc2N1CC1CCCCC1.O=C1CCc2ccccc2N1CC1CCCN(CCc2ccccc2)C1. The number of nitrogens with zero attached hydrogens (tertiary/aromatic N) is 3. The Morgan fingerprint density at radius 2 is 1.02 bits per heavy atom. The summed E-state index contributed by atoms with van der Waals surface area (Å²) in [6.07, 6.45) is 22.4. The van der Waals surface area contributed by atoms with Gasteiger partial charge in [-0.15, -0.1) is 0 Å². The monoisotopic (exact) mass is 962 g/mol. The number of benzene rings is 4. The quantitative estimate of drug-likeness (QED) is 0.141. The second-order valence-corrected chi connectivity index (χ2v) is 19.6. The summed E-state index contributed by atoms with van der Waals surface area (Å²) in [5.41, 5.74) is 8.60. The van der Waals surface area contributed by atoms with Crippen molar-refractivity contribution in [2.45, 2.75) is 122 Å². The molecule has 4 aromatic rings. The van der Waals surface area contributed by atoms with E-state index in [0.717, 1.165) is 69.2 Å². The number of halogens is 1. The van der Waals surface area contributed by atoms with Crippen LogP contribution in [0.5, 0.6) is 0 Å². The van der Waals surface area contributed by atoms with Crippen LogP contribution >= 0.6 is 22.6 Å². The van der Waals surface area contributed by atoms with E-state index < -0.39 is 0 Å². The molecule has 2 aliphatic carbocycles. The molecule has 4 aliphatic heterocycles. The van der Waals surface area contributed by atoms with E-state index in [1.807, 2.05) is 24.3 Å². The molecular weight excluding hydrogens is 892 g/mol. The molecule has 63 heavy (non-hydrogen) atoms. The lowest BCUT2D eigenvalue weighted by atomic mass is 9.88. The van der Waals surface area contributed by atoms with Gasteiger partial charge in [-0.25, -0.2) is 0 Å². The highest BCUT2D eigenvalue weighted by molar-refractivity contribution is 14.1. The first kappa shape index (κ1) is 47.0. The van der Waals surface area contributed by atoms with Crippen LogP contribution in [0.2, 0.25) is 0 Å². The average molecular weight is 963 g/mol. The van der Waals surface area contributed by atoms with Crippen LogP contribution in [0.15, 0.2) is 103 Å². The normalized spacial score (nSPS) is 20.3. The number of para-hydroxylation sites is 3. The third-order valence-electron chi connectivity index (χ3n) is 14.0. The minimum Gasteiger partial charge on any atom is -0.326 e. The minimum absolute atomic E-state index is 0.128. The molecule has 0 radical (unpaired) electrons. The van der Waals surface area contributed by atoms with Gasteiger partial charge in [-0.2, -0.15) is 0 Å². The molecule has 4 aromatic carbocycles. The standard InChI is InChI=1S/C23H28N2O.C16H21NO.C9H9NO.C7H13I/c26-23-13-12-21-10-4-5-11-22(21)25(23)18-20-9-6-15-24(17-20)16-14-19-7-2-1-3-8-19;18-16-11-10-14-8-4-5-9-15(14)17(16)12-13-6-2-1-3-7-13;11-9-6-5-7-3-1-2-4-8(7)10-9;8-6-7-4-2-1-3-5-7/h1-5,7-8,10-11,20H,6,9,12-18H2;4-5,8-9,13H,1-3,6-7,10-12H2;1-4H,5-6H2,(H,10,11);7H,1-6H2. The maximum atomic E-state index is 12.5. The van der Waals surface area contributed by atoms with Gasteiger partial charge in [0.1, 0.15) is 0 Å². The highest BCUT2D eigenvalue weighted by Gasteiger charge is 2.29. The van der Waals surface area contributed by atoms with Crippen LogP contribution < -0.4 is 15.1 Å². The molecule has 1 N–H and O–H groups in total. The third kappa shape index (κ3) is 14.2. The Kier molecular flexibility index (Phi) is 18.5. The first-order valence-electron chi connectivity index (χ1n) is 24.4. The first-order valence-corrected chi connectivity index (χ1v) is 25.9. The summed E-state index contributed by atoms with van der Waals surface area (Å²) < 4.78 is 1.39. The van der Waals surface area contributed by atoms with Crippen molar-refractivity contribution in [3.05, 3.63) is 125 Å². The molecule has 4 heterocycles. The van der Waals surface area contributed by atoms with Crippen molar-refractivity contribution in [2.75, 3.05) is 52.3 Å². The zero-order valence-electron chi connectivity index (χ0n) is 37.7. The molecule has 0 spiro atoms. The fraction of sp³-hybridized carbons (Fsp3) is 0.509. The number of anilines is 3. The fourth-order valence-corrected chi connectivity index (χ4v) is 11.3. The number of hydrogen-bond donors (Lipinski definition) is 1. The molecule has 1 unspecified atom stereocenters. The Labute approximate surface area is 391 Å².